The molecule has 1 atom stereocenters. The number of carbonyl (C=O) groups is 3. The highest BCUT2D eigenvalue weighted by molar-refractivity contribution is 5.71. The second-order valence-electron chi connectivity index (χ2n) is 26.3. The van der Waals surface area contributed by atoms with Gasteiger partial charge in [0.05, 0.1) is 0 Å². The van der Waals surface area contributed by atoms with Crippen LogP contribution in [0.3, 0.4) is 0 Å². The molecule has 1 unspecified atom stereocenters. The number of unbranched alkanes of at least 4 members (excludes halogenated alkanes) is 59. The van der Waals surface area contributed by atoms with Crippen LogP contribution in [0.2, 0.25) is 0 Å². The quantitative estimate of drug-likeness (QED) is 0.0261. The lowest BCUT2D eigenvalue weighted by molar-refractivity contribution is -0.167. The Morgan fingerprint density at radius 3 is 0.602 bits per heavy atom. The van der Waals surface area contributed by atoms with E-state index < -0.39 is 6.10 Å². The molecule has 6 heteroatoms. The van der Waals surface area contributed by atoms with Gasteiger partial charge in [-0.2, -0.15) is 0 Å². The molecule has 0 N–H and O–H groups in total. The first-order valence-corrected chi connectivity index (χ1v) is 38.2. The van der Waals surface area contributed by atoms with Gasteiger partial charge in [0.25, 0.3) is 0 Å². The Morgan fingerprint density at radius 1 is 0.229 bits per heavy atom. The largest absolute Gasteiger partial charge is 0.462 e. The summed E-state index contributed by atoms with van der Waals surface area (Å²) in [4.78, 5) is 38.5. The lowest BCUT2D eigenvalue weighted by Gasteiger charge is -2.18. The van der Waals surface area contributed by atoms with Crippen molar-refractivity contribution in [2.24, 2.45) is 0 Å². The van der Waals surface area contributed by atoms with Crippen molar-refractivity contribution in [3.05, 3.63) is 12.2 Å². The monoisotopic (exact) mass is 1170 g/mol. The van der Waals surface area contributed by atoms with Crippen LogP contribution in [0.4, 0.5) is 0 Å². The molecule has 83 heavy (non-hydrogen) atoms. The zero-order valence-corrected chi connectivity index (χ0v) is 56.8. The topological polar surface area (TPSA) is 78.9 Å². The van der Waals surface area contributed by atoms with Gasteiger partial charge in [-0.05, 0) is 44.9 Å². The van der Waals surface area contributed by atoms with Gasteiger partial charge in [0.2, 0.25) is 0 Å². The molecule has 0 aliphatic carbocycles. The number of ether oxygens (including phenoxy) is 3. The summed E-state index contributed by atoms with van der Waals surface area (Å²) in [5, 5.41) is 0. The smallest absolute Gasteiger partial charge is 0.306 e. The molecular weight excluding hydrogens is 1020 g/mol. The lowest BCUT2D eigenvalue weighted by Crippen LogP contribution is -2.30. The van der Waals surface area contributed by atoms with Gasteiger partial charge in [-0.1, -0.05) is 392 Å². The predicted octanol–water partition coefficient (Wildman–Crippen LogP) is 26.3. The van der Waals surface area contributed by atoms with Crippen molar-refractivity contribution in [1.82, 2.24) is 0 Å². The first-order valence-electron chi connectivity index (χ1n) is 38.2. The van der Waals surface area contributed by atoms with E-state index >= 15 is 0 Å². The van der Waals surface area contributed by atoms with Gasteiger partial charge >= 0.3 is 17.9 Å². The maximum Gasteiger partial charge on any atom is 0.306 e. The van der Waals surface area contributed by atoms with Gasteiger partial charge in [-0.25, -0.2) is 0 Å². The Balaban J connectivity index is 4.14. The van der Waals surface area contributed by atoms with E-state index in [-0.39, 0.29) is 31.1 Å². The molecule has 0 radical (unpaired) electrons. The maximum absolute atomic E-state index is 13.0. The molecule has 0 aromatic heterocycles. The molecule has 0 aliphatic heterocycles. The van der Waals surface area contributed by atoms with Crippen molar-refractivity contribution in [3.8, 4) is 0 Å². The lowest BCUT2D eigenvalue weighted by atomic mass is 10.0. The second-order valence-corrected chi connectivity index (χ2v) is 26.3. The number of hydrogen-bond donors (Lipinski definition) is 0. The van der Waals surface area contributed by atoms with Crippen LogP contribution in [0.15, 0.2) is 12.2 Å². The van der Waals surface area contributed by atoms with E-state index in [0.717, 1.165) is 57.8 Å². The predicted molar refractivity (Wildman–Crippen MR) is 363 cm³/mol. The van der Waals surface area contributed by atoms with Crippen LogP contribution < -0.4 is 0 Å². The van der Waals surface area contributed by atoms with Crippen molar-refractivity contribution in [2.45, 2.75) is 451 Å². The van der Waals surface area contributed by atoms with E-state index in [9.17, 15) is 14.4 Å². The third-order valence-electron chi connectivity index (χ3n) is 17.8. The molecule has 0 spiro atoms. The van der Waals surface area contributed by atoms with E-state index in [4.69, 9.17) is 14.2 Å². The molecule has 0 bridgehead atoms. The summed E-state index contributed by atoms with van der Waals surface area (Å²) in [5.74, 6) is -0.823. The highest BCUT2D eigenvalue weighted by Crippen LogP contribution is 2.20. The highest BCUT2D eigenvalue weighted by Gasteiger charge is 2.20. The van der Waals surface area contributed by atoms with Crippen molar-refractivity contribution in [1.29, 1.82) is 0 Å². The summed E-state index contributed by atoms with van der Waals surface area (Å²) in [6.07, 6.45) is 88.4. The molecule has 0 saturated heterocycles. The SMILES string of the molecule is CCCCCCCCCC/C=C\CCCCCCCCCCCCCCCCCC(=O)OCC(COC(=O)CCCCCCCCCCCCCC)OC(=O)CCCCCCCCCCCCCCCCCCCCCCCCCCCC. The van der Waals surface area contributed by atoms with Crippen molar-refractivity contribution < 1.29 is 28.6 Å². The average Bonchev–Trinajstić information content (AvgIpc) is 3.49. The minimum Gasteiger partial charge on any atom is -0.462 e. The first-order chi connectivity index (χ1) is 41.0. The molecule has 0 aromatic carbocycles. The molecule has 0 aromatic rings. The van der Waals surface area contributed by atoms with Crippen LogP contribution in [-0.2, 0) is 28.6 Å². The van der Waals surface area contributed by atoms with Gasteiger partial charge < -0.3 is 14.2 Å². The average molecular weight is 1170 g/mol. The van der Waals surface area contributed by atoms with E-state index in [0.29, 0.717) is 19.3 Å². The summed E-state index contributed by atoms with van der Waals surface area (Å²) in [6.45, 7) is 6.74. The normalized spacial score (nSPS) is 12.0. The fourth-order valence-corrected chi connectivity index (χ4v) is 12.0. The fourth-order valence-electron chi connectivity index (χ4n) is 12.0. The number of rotatable bonds is 72. The zero-order valence-electron chi connectivity index (χ0n) is 56.8. The Bertz CT molecular complexity index is 1300. The Hall–Kier alpha value is -1.85. The van der Waals surface area contributed by atoms with Gasteiger partial charge in [-0.3, -0.25) is 14.4 Å². The van der Waals surface area contributed by atoms with Gasteiger partial charge in [0.1, 0.15) is 13.2 Å². The van der Waals surface area contributed by atoms with Crippen LogP contribution >= 0.6 is 0 Å². The van der Waals surface area contributed by atoms with E-state index in [1.54, 1.807) is 0 Å². The fraction of sp³-hybridized carbons (Fsp3) is 0.935. The molecule has 0 saturated carbocycles. The third-order valence-corrected chi connectivity index (χ3v) is 17.8. The van der Waals surface area contributed by atoms with E-state index in [2.05, 4.69) is 32.9 Å². The molecule has 492 valence electrons. The molecule has 0 amide bonds. The maximum atomic E-state index is 13.0. The minimum absolute atomic E-state index is 0.0621. The Labute approximate surface area is 520 Å². The minimum atomic E-state index is -0.766. The van der Waals surface area contributed by atoms with E-state index in [1.165, 1.54) is 347 Å². The van der Waals surface area contributed by atoms with Crippen LogP contribution in [0.1, 0.15) is 445 Å². The third kappa shape index (κ3) is 70.8. The molecule has 0 rings (SSSR count). The zero-order chi connectivity index (χ0) is 59.9. The summed E-state index contributed by atoms with van der Waals surface area (Å²) in [7, 11) is 0. The highest BCUT2D eigenvalue weighted by atomic mass is 16.6. The molecular formula is C77H148O6. The summed E-state index contributed by atoms with van der Waals surface area (Å²) in [6, 6.07) is 0. The second kappa shape index (κ2) is 72.6. The van der Waals surface area contributed by atoms with Crippen molar-refractivity contribution in [2.75, 3.05) is 13.2 Å². The summed E-state index contributed by atoms with van der Waals surface area (Å²) in [5.41, 5.74) is 0. The molecule has 0 fully saturated rings. The number of esters is 3. The van der Waals surface area contributed by atoms with Crippen molar-refractivity contribution >= 4 is 17.9 Å². The molecule has 6 nitrogen and oxygen atoms in total. The van der Waals surface area contributed by atoms with Crippen LogP contribution in [0.5, 0.6) is 0 Å². The van der Waals surface area contributed by atoms with E-state index in [1.807, 2.05) is 0 Å². The van der Waals surface area contributed by atoms with Gasteiger partial charge in [0.15, 0.2) is 6.10 Å². The van der Waals surface area contributed by atoms with Crippen LogP contribution in [0, 0.1) is 0 Å². The Kier molecular flexibility index (Phi) is 71.0. The van der Waals surface area contributed by atoms with Crippen LogP contribution in [0.25, 0.3) is 0 Å². The molecule has 0 aliphatic rings. The number of hydrogen-bond acceptors (Lipinski definition) is 6. The number of carbonyl (C=O) groups excluding carboxylic acids is 3. The van der Waals surface area contributed by atoms with Crippen molar-refractivity contribution in [3.63, 3.8) is 0 Å². The first kappa shape index (κ1) is 81.2. The standard InChI is InChI=1S/C77H148O6/c1-4-7-10-13-16-19-22-25-27-29-31-33-35-37-39-41-42-44-46-48-50-52-55-58-61-64-67-70-76(79)82-73-74(72-81-75(78)69-66-63-60-57-54-24-21-18-15-12-9-6-3)83-77(80)71-68-65-62-59-56-53-51-49-47-45-43-40-38-36-34-32-30-28-26-23-20-17-14-11-8-5-2/h29,31,74H,4-28,30,32-73H2,1-3H3/b31-29-. The molecule has 0 heterocycles. The summed E-state index contributed by atoms with van der Waals surface area (Å²) < 4.78 is 17.0. The number of allylic oxidation sites excluding steroid dienone is 2. The van der Waals surface area contributed by atoms with Crippen LogP contribution in [-0.4, -0.2) is 37.2 Å². The summed E-state index contributed by atoms with van der Waals surface area (Å²) >= 11 is 0. The van der Waals surface area contributed by atoms with Gasteiger partial charge in [-0.15, -0.1) is 0 Å². The van der Waals surface area contributed by atoms with Gasteiger partial charge in [0, 0.05) is 19.3 Å². The Morgan fingerprint density at radius 2 is 0.398 bits per heavy atom.